The van der Waals surface area contributed by atoms with Gasteiger partial charge in [0.2, 0.25) is 0 Å². The number of amides is 1. The summed E-state index contributed by atoms with van der Waals surface area (Å²) in [5.74, 6) is -0.0930. The average Bonchev–Trinajstić information content (AvgIpc) is 3.24. The van der Waals surface area contributed by atoms with Gasteiger partial charge in [0.25, 0.3) is 5.91 Å². The van der Waals surface area contributed by atoms with Gasteiger partial charge in [-0.05, 0) is 48.0 Å². The lowest BCUT2D eigenvalue weighted by molar-refractivity contribution is 0.0600. The number of benzene rings is 2. The molecule has 3 aromatic rings. The van der Waals surface area contributed by atoms with Crippen LogP contribution in [-0.2, 0) is 4.74 Å². The summed E-state index contributed by atoms with van der Waals surface area (Å²) in [5.41, 5.74) is 5.35. The van der Waals surface area contributed by atoms with Crippen molar-refractivity contribution >= 4 is 18.1 Å². The molecular formula is C20H18N4O4. The Kier molecular flexibility index (Phi) is 5.81. The van der Waals surface area contributed by atoms with Crippen LogP contribution in [0.25, 0.3) is 11.3 Å². The lowest BCUT2D eigenvalue weighted by Gasteiger charge is -2.00. The van der Waals surface area contributed by atoms with Gasteiger partial charge in [-0.15, -0.1) is 0 Å². The Balaban J connectivity index is 1.61. The molecule has 1 amide bonds. The van der Waals surface area contributed by atoms with Crippen molar-refractivity contribution in [1.29, 1.82) is 0 Å². The first-order valence-corrected chi connectivity index (χ1v) is 8.32. The van der Waals surface area contributed by atoms with Gasteiger partial charge in [0.15, 0.2) is 0 Å². The lowest BCUT2D eigenvalue weighted by Crippen LogP contribution is -2.18. The van der Waals surface area contributed by atoms with Gasteiger partial charge in [0, 0.05) is 5.56 Å². The number of esters is 1. The summed E-state index contributed by atoms with van der Waals surface area (Å²) in [4.78, 5) is 23.6. The molecule has 8 heteroatoms. The molecule has 8 nitrogen and oxygen atoms in total. The second kappa shape index (κ2) is 8.63. The summed E-state index contributed by atoms with van der Waals surface area (Å²) in [7, 11) is 2.92. The molecule has 28 heavy (non-hydrogen) atoms. The van der Waals surface area contributed by atoms with E-state index < -0.39 is 11.9 Å². The second-order valence-corrected chi connectivity index (χ2v) is 5.71. The molecule has 0 bridgehead atoms. The van der Waals surface area contributed by atoms with E-state index in [0.29, 0.717) is 11.3 Å². The standard InChI is InChI=1S/C20H18N4O4/c1-27-16-9-7-14(8-10-16)17-11-18(23-22-17)19(25)24-21-12-13-3-5-15(6-4-13)20(26)28-2/h3-12H,1-2H3,(H,22,23)(H,24,25). The summed E-state index contributed by atoms with van der Waals surface area (Å²) in [6.07, 6.45) is 1.47. The van der Waals surface area contributed by atoms with Gasteiger partial charge in [0.1, 0.15) is 11.4 Å². The molecule has 0 aliphatic rings. The number of carbonyl (C=O) groups excluding carboxylic acids is 2. The van der Waals surface area contributed by atoms with Crippen LogP contribution in [0.15, 0.2) is 59.7 Å². The Bertz CT molecular complexity index is 992. The number of H-pyrrole nitrogens is 1. The fraction of sp³-hybridized carbons (Fsp3) is 0.100. The number of carbonyl (C=O) groups is 2. The molecule has 0 radical (unpaired) electrons. The van der Waals surface area contributed by atoms with Crippen molar-refractivity contribution in [1.82, 2.24) is 15.6 Å². The largest absolute Gasteiger partial charge is 0.497 e. The molecule has 2 N–H and O–H groups in total. The van der Waals surface area contributed by atoms with Crippen LogP contribution in [0.4, 0.5) is 0 Å². The van der Waals surface area contributed by atoms with Crippen molar-refractivity contribution in [2.75, 3.05) is 14.2 Å². The van der Waals surface area contributed by atoms with E-state index in [-0.39, 0.29) is 5.69 Å². The van der Waals surface area contributed by atoms with E-state index in [1.165, 1.54) is 13.3 Å². The molecule has 1 heterocycles. The number of rotatable bonds is 6. The molecule has 0 aliphatic heterocycles. The fourth-order valence-corrected chi connectivity index (χ4v) is 2.40. The van der Waals surface area contributed by atoms with Gasteiger partial charge in [-0.3, -0.25) is 9.89 Å². The van der Waals surface area contributed by atoms with Crippen molar-refractivity contribution < 1.29 is 19.1 Å². The predicted octanol–water partition coefficient (Wildman–Crippen LogP) is 2.64. The van der Waals surface area contributed by atoms with E-state index in [4.69, 9.17) is 4.74 Å². The molecule has 0 fully saturated rings. The van der Waals surface area contributed by atoms with Crippen LogP contribution in [0.2, 0.25) is 0 Å². The molecule has 1 aromatic heterocycles. The molecule has 0 saturated carbocycles. The third-order valence-corrected chi connectivity index (χ3v) is 3.92. The third kappa shape index (κ3) is 4.42. The number of aromatic amines is 1. The van der Waals surface area contributed by atoms with Crippen LogP contribution in [0.5, 0.6) is 5.75 Å². The summed E-state index contributed by atoms with van der Waals surface area (Å²) in [6.45, 7) is 0. The lowest BCUT2D eigenvalue weighted by atomic mass is 10.1. The summed E-state index contributed by atoms with van der Waals surface area (Å²) in [6, 6.07) is 15.6. The maximum absolute atomic E-state index is 12.2. The first kappa shape index (κ1) is 18.8. The van der Waals surface area contributed by atoms with Gasteiger partial charge in [-0.2, -0.15) is 10.2 Å². The number of nitrogens with zero attached hydrogens (tertiary/aromatic N) is 2. The highest BCUT2D eigenvalue weighted by molar-refractivity contribution is 5.94. The second-order valence-electron chi connectivity index (χ2n) is 5.71. The molecule has 0 aliphatic carbocycles. The normalized spacial score (nSPS) is 10.6. The van der Waals surface area contributed by atoms with Crippen LogP contribution >= 0.6 is 0 Å². The average molecular weight is 378 g/mol. The molecular weight excluding hydrogens is 360 g/mol. The quantitative estimate of drug-likeness (QED) is 0.390. The number of hydrogen-bond acceptors (Lipinski definition) is 6. The van der Waals surface area contributed by atoms with Gasteiger partial charge in [-0.1, -0.05) is 12.1 Å². The number of hydrazone groups is 1. The minimum atomic E-state index is -0.422. The van der Waals surface area contributed by atoms with Crippen molar-refractivity contribution in [3.05, 3.63) is 71.4 Å². The van der Waals surface area contributed by atoms with E-state index in [9.17, 15) is 9.59 Å². The molecule has 142 valence electrons. The zero-order valence-corrected chi connectivity index (χ0v) is 15.3. The number of ether oxygens (including phenoxy) is 2. The van der Waals surface area contributed by atoms with Gasteiger partial charge >= 0.3 is 5.97 Å². The summed E-state index contributed by atoms with van der Waals surface area (Å²) < 4.78 is 9.76. The van der Waals surface area contributed by atoms with Crippen molar-refractivity contribution in [3.8, 4) is 17.0 Å². The SMILES string of the molecule is COC(=O)c1ccc(C=NNC(=O)c2cc(-c3ccc(OC)cc3)n[nH]2)cc1. The first-order chi connectivity index (χ1) is 13.6. The highest BCUT2D eigenvalue weighted by Gasteiger charge is 2.10. The zero-order chi connectivity index (χ0) is 19.9. The maximum Gasteiger partial charge on any atom is 0.337 e. The van der Waals surface area contributed by atoms with Crippen LogP contribution < -0.4 is 10.2 Å². The Hall–Kier alpha value is -3.94. The molecule has 0 atom stereocenters. The van der Waals surface area contributed by atoms with Crippen molar-refractivity contribution in [2.24, 2.45) is 5.10 Å². The molecule has 2 aromatic carbocycles. The highest BCUT2D eigenvalue weighted by atomic mass is 16.5. The number of aromatic nitrogens is 2. The van der Waals surface area contributed by atoms with Crippen LogP contribution in [-0.4, -0.2) is 42.5 Å². The van der Waals surface area contributed by atoms with Crippen molar-refractivity contribution in [2.45, 2.75) is 0 Å². The van der Waals surface area contributed by atoms with Crippen LogP contribution in [0, 0.1) is 0 Å². The number of hydrogen-bond donors (Lipinski definition) is 2. The predicted molar refractivity (Wildman–Crippen MR) is 103 cm³/mol. The molecule has 0 spiro atoms. The molecule has 0 unspecified atom stereocenters. The van der Waals surface area contributed by atoms with Crippen molar-refractivity contribution in [3.63, 3.8) is 0 Å². The van der Waals surface area contributed by atoms with Crippen LogP contribution in [0.3, 0.4) is 0 Å². The first-order valence-electron chi connectivity index (χ1n) is 8.32. The Labute approximate surface area is 161 Å². The minimum Gasteiger partial charge on any atom is -0.497 e. The Morgan fingerprint density at radius 2 is 1.79 bits per heavy atom. The van der Waals surface area contributed by atoms with Gasteiger partial charge < -0.3 is 9.47 Å². The van der Waals surface area contributed by atoms with E-state index in [1.54, 1.807) is 37.4 Å². The van der Waals surface area contributed by atoms with E-state index >= 15 is 0 Å². The molecule has 0 saturated heterocycles. The smallest absolute Gasteiger partial charge is 0.337 e. The monoisotopic (exact) mass is 378 g/mol. The van der Waals surface area contributed by atoms with E-state index in [0.717, 1.165) is 16.9 Å². The molecule has 3 rings (SSSR count). The van der Waals surface area contributed by atoms with E-state index in [2.05, 4.69) is 25.5 Å². The summed E-state index contributed by atoms with van der Waals surface area (Å²) >= 11 is 0. The topological polar surface area (TPSA) is 106 Å². The Morgan fingerprint density at radius 1 is 1.07 bits per heavy atom. The Morgan fingerprint density at radius 3 is 2.43 bits per heavy atom. The minimum absolute atomic E-state index is 0.281. The highest BCUT2D eigenvalue weighted by Crippen LogP contribution is 2.21. The number of nitrogens with one attached hydrogen (secondary N) is 2. The van der Waals surface area contributed by atoms with E-state index in [1.807, 2.05) is 24.3 Å². The zero-order valence-electron chi connectivity index (χ0n) is 15.3. The number of methoxy groups -OCH3 is 2. The van der Waals surface area contributed by atoms with Gasteiger partial charge in [-0.25, -0.2) is 10.2 Å². The maximum atomic E-state index is 12.2. The summed E-state index contributed by atoms with van der Waals surface area (Å²) in [5, 5.41) is 10.7. The third-order valence-electron chi connectivity index (χ3n) is 3.92. The fourth-order valence-electron chi connectivity index (χ4n) is 2.40. The van der Waals surface area contributed by atoms with Crippen LogP contribution in [0.1, 0.15) is 26.4 Å². The van der Waals surface area contributed by atoms with Gasteiger partial charge in [0.05, 0.1) is 31.7 Å².